The molecular formula is C19H20N4O4. The molecular weight excluding hydrogens is 348 g/mol. The second-order valence-corrected chi connectivity index (χ2v) is 5.97. The van der Waals surface area contributed by atoms with Gasteiger partial charge in [0.1, 0.15) is 23.6 Å². The summed E-state index contributed by atoms with van der Waals surface area (Å²) in [4.78, 5) is 24.9. The normalized spacial score (nSPS) is 11.8. The monoisotopic (exact) mass is 368 g/mol. The molecule has 8 heteroatoms. The first-order valence-electron chi connectivity index (χ1n) is 8.37. The van der Waals surface area contributed by atoms with E-state index in [-0.39, 0.29) is 18.5 Å². The largest absolute Gasteiger partial charge is 0.497 e. The van der Waals surface area contributed by atoms with Gasteiger partial charge in [-0.2, -0.15) is 0 Å². The molecule has 0 radical (unpaired) electrons. The lowest BCUT2D eigenvalue weighted by Crippen LogP contribution is -2.35. The van der Waals surface area contributed by atoms with Gasteiger partial charge in [0, 0.05) is 0 Å². The third-order valence-corrected chi connectivity index (χ3v) is 4.22. The fourth-order valence-electron chi connectivity index (χ4n) is 2.74. The number of benzene rings is 2. The van der Waals surface area contributed by atoms with Crippen molar-refractivity contribution < 1.29 is 14.3 Å². The van der Waals surface area contributed by atoms with Gasteiger partial charge in [-0.25, -0.2) is 4.68 Å². The molecule has 27 heavy (non-hydrogen) atoms. The number of hydrogen-bond donors (Lipinski definition) is 1. The summed E-state index contributed by atoms with van der Waals surface area (Å²) in [6.07, 6.45) is 0. The number of fused-ring (bicyclic) bond motifs is 1. The van der Waals surface area contributed by atoms with Crippen molar-refractivity contribution >= 4 is 16.8 Å². The van der Waals surface area contributed by atoms with Crippen molar-refractivity contribution in [2.75, 3.05) is 14.2 Å². The topological polar surface area (TPSA) is 95.3 Å². The first kappa shape index (κ1) is 18.4. The molecule has 3 aromatic rings. The smallest absolute Gasteiger partial charge is 0.278 e. The van der Waals surface area contributed by atoms with E-state index in [0.29, 0.717) is 16.7 Å². The minimum atomic E-state index is -0.397. The third-order valence-electron chi connectivity index (χ3n) is 4.22. The summed E-state index contributed by atoms with van der Waals surface area (Å²) in [6.45, 7) is 1.64. The Bertz CT molecular complexity index is 1010. The second kappa shape index (κ2) is 7.86. The molecule has 0 saturated heterocycles. The molecule has 1 amide bonds. The highest BCUT2D eigenvalue weighted by Gasteiger charge is 2.14. The number of carbonyl (C=O) groups excluding carboxylic acids is 1. The van der Waals surface area contributed by atoms with Crippen LogP contribution in [-0.2, 0) is 11.3 Å². The number of carbonyl (C=O) groups is 1. The Morgan fingerprint density at radius 2 is 1.89 bits per heavy atom. The number of rotatable bonds is 6. The van der Waals surface area contributed by atoms with Gasteiger partial charge in [-0.3, -0.25) is 9.59 Å². The van der Waals surface area contributed by atoms with E-state index in [0.717, 1.165) is 16.0 Å². The van der Waals surface area contributed by atoms with E-state index in [1.807, 2.05) is 31.2 Å². The minimum absolute atomic E-state index is 0.223. The van der Waals surface area contributed by atoms with Gasteiger partial charge in [0.15, 0.2) is 0 Å². The molecule has 0 aliphatic rings. The Balaban J connectivity index is 1.75. The quantitative estimate of drug-likeness (QED) is 0.711. The first-order valence-corrected chi connectivity index (χ1v) is 8.37. The molecule has 0 saturated carbocycles. The standard InChI is InChI=1S/C19H20N4O4/c1-12(13-7-9-14(26-2)10-8-13)20-17(24)11-23-19(25)15-5-4-6-16(27-3)18(15)21-22-23/h4-10,12H,11H2,1-3H3,(H,20,24). The highest BCUT2D eigenvalue weighted by molar-refractivity contribution is 5.83. The molecule has 0 spiro atoms. The average Bonchev–Trinajstić information content (AvgIpc) is 2.69. The second-order valence-electron chi connectivity index (χ2n) is 5.97. The number of hydrogen-bond acceptors (Lipinski definition) is 6. The highest BCUT2D eigenvalue weighted by atomic mass is 16.5. The van der Waals surface area contributed by atoms with Crippen molar-refractivity contribution in [1.29, 1.82) is 0 Å². The van der Waals surface area contributed by atoms with Gasteiger partial charge < -0.3 is 14.8 Å². The summed E-state index contributed by atoms with van der Waals surface area (Å²) in [7, 11) is 3.09. The van der Waals surface area contributed by atoms with Crippen molar-refractivity contribution in [3.8, 4) is 11.5 Å². The maximum Gasteiger partial charge on any atom is 0.278 e. The molecule has 1 atom stereocenters. The predicted octanol–water partition coefficient (Wildman–Crippen LogP) is 1.69. The van der Waals surface area contributed by atoms with E-state index in [4.69, 9.17) is 9.47 Å². The van der Waals surface area contributed by atoms with Crippen LogP contribution >= 0.6 is 0 Å². The lowest BCUT2D eigenvalue weighted by molar-refractivity contribution is -0.122. The van der Waals surface area contributed by atoms with Crippen LogP contribution in [0, 0.1) is 0 Å². The van der Waals surface area contributed by atoms with E-state index < -0.39 is 5.56 Å². The molecule has 140 valence electrons. The zero-order valence-corrected chi connectivity index (χ0v) is 15.3. The average molecular weight is 368 g/mol. The van der Waals surface area contributed by atoms with Crippen LogP contribution in [0.2, 0.25) is 0 Å². The lowest BCUT2D eigenvalue weighted by Gasteiger charge is -2.15. The number of aromatic nitrogens is 3. The summed E-state index contributed by atoms with van der Waals surface area (Å²) in [6, 6.07) is 12.2. The maximum absolute atomic E-state index is 12.6. The van der Waals surface area contributed by atoms with Crippen LogP contribution in [0.15, 0.2) is 47.3 Å². The van der Waals surface area contributed by atoms with Crippen LogP contribution in [0.4, 0.5) is 0 Å². The molecule has 0 aliphatic heterocycles. The van der Waals surface area contributed by atoms with Crippen LogP contribution < -0.4 is 20.3 Å². The number of ether oxygens (including phenoxy) is 2. The number of nitrogens with one attached hydrogen (secondary N) is 1. The predicted molar refractivity (Wildman–Crippen MR) is 99.9 cm³/mol. The third kappa shape index (κ3) is 3.89. The Morgan fingerprint density at radius 1 is 1.15 bits per heavy atom. The van der Waals surface area contributed by atoms with Crippen LogP contribution in [0.5, 0.6) is 11.5 Å². The van der Waals surface area contributed by atoms with E-state index in [1.54, 1.807) is 25.3 Å². The van der Waals surface area contributed by atoms with E-state index in [1.165, 1.54) is 7.11 Å². The summed E-state index contributed by atoms with van der Waals surface area (Å²) in [5, 5.41) is 11.1. The van der Waals surface area contributed by atoms with E-state index in [9.17, 15) is 9.59 Å². The van der Waals surface area contributed by atoms with Gasteiger partial charge in [-0.05, 0) is 36.8 Å². The fourth-order valence-corrected chi connectivity index (χ4v) is 2.74. The van der Waals surface area contributed by atoms with Crippen molar-refractivity contribution in [3.63, 3.8) is 0 Å². The van der Waals surface area contributed by atoms with Gasteiger partial charge >= 0.3 is 0 Å². The van der Waals surface area contributed by atoms with Crippen LogP contribution in [0.1, 0.15) is 18.5 Å². The van der Waals surface area contributed by atoms with Gasteiger partial charge in [0.25, 0.3) is 5.56 Å². The van der Waals surface area contributed by atoms with Crippen molar-refractivity contribution in [2.24, 2.45) is 0 Å². The SMILES string of the molecule is COc1ccc(C(C)NC(=O)Cn2nnc3c(OC)cccc3c2=O)cc1. The molecule has 1 unspecified atom stereocenters. The summed E-state index contributed by atoms with van der Waals surface area (Å²) in [5.74, 6) is 0.865. The molecule has 2 aromatic carbocycles. The van der Waals surface area contributed by atoms with Crippen LogP contribution in [-0.4, -0.2) is 35.1 Å². The Kier molecular flexibility index (Phi) is 5.35. The van der Waals surface area contributed by atoms with E-state index >= 15 is 0 Å². The van der Waals surface area contributed by atoms with Gasteiger partial charge in [0.05, 0.1) is 25.6 Å². The molecule has 0 fully saturated rings. The Hall–Kier alpha value is -3.42. The number of methoxy groups -OCH3 is 2. The highest BCUT2D eigenvalue weighted by Crippen LogP contribution is 2.19. The minimum Gasteiger partial charge on any atom is -0.497 e. The molecule has 3 rings (SSSR count). The number of nitrogens with zero attached hydrogens (tertiary/aromatic N) is 3. The summed E-state index contributed by atoms with van der Waals surface area (Å²) < 4.78 is 11.3. The maximum atomic E-state index is 12.6. The van der Waals surface area contributed by atoms with E-state index in [2.05, 4.69) is 15.6 Å². The lowest BCUT2D eigenvalue weighted by atomic mass is 10.1. The van der Waals surface area contributed by atoms with Gasteiger partial charge in [-0.15, -0.1) is 5.10 Å². The molecule has 0 aliphatic carbocycles. The fraction of sp³-hybridized carbons (Fsp3) is 0.263. The Labute approximate surface area is 155 Å². The Morgan fingerprint density at radius 3 is 2.56 bits per heavy atom. The van der Waals surface area contributed by atoms with Crippen molar-refractivity contribution in [1.82, 2.24) is 20.3 Å². The zero-order valence-electron chi connectivity index (χ0n) is 15.3. The van der Waals surface area contributed by atoms with Crippen LogP contribution in [0.3, 0.4) is 0 Å². The molecule has 1 N–H and O–H groups in total. The molecule has 1 heterocycles. The molecule has 1 aromatic heterocycles. The van der Waals surface area contributed by atoms with Crippen molar-refractivity contribution in [2.45, 2.75) is 19.5 Å². The molecule has 8 nitrogen and oxygen atoms in total. The van der Waals surface area contributed by atoms with Gasteiger partial charge in [-0.1, -0.05) is 23.4 Å². The van der Waals surface area contributed by atoms with Gasteiger partial charge in [0.2, 0.25) is 5.91 Å². The summed E-state index contributed by atoms with van der Waals surface area (Å²) >= 11 is 0. The summed E-state index contributed by atoms with van der Waals surface area (Å²) in [5.41, 5.74) is 0.894. The zero-order chi connectivity index (χ0) is 19.4. The van der Waals surface area contributed by atoms with Crippen LogP contribution in [0.25, 0.3) is 10.9 Å². The molecule has 0 bridgehead atoms. The first-order chi connectivity index (χ1) is 13.0. The van der Waals surface area contributed by atoms with Crippen molar-refractivity contribution in [3.05, 3.63) is 58.4 Å². The number of amides is 1.